The van der Waals surface area contributed by atoms with Crippen LogP contribution >= 0.6 is 23.1 Å². The molecular weight excluding hydrogens is 460 g/mol. The average molecular weight is 479 g/mol. The Morgan fingerprint density at radius 1 is 0.939 bits per heavy atom. The smallest absolute Gasteiger partial charge is 0.258 e. The Balaban J connectivity index is 1.17. The lowest BCUT2D eigenvalue weighted by Gasteiger charge is -2.18. The lowest BCUT2D eigenvalue weighted by Crippen LogP contribution is -2.17. The van der Waals surface area contributed by atoms with Gasteiger partial charge in [-0.25, -0.2) is 0 Å². The summed E-state index contributed by atoms with van der Waals surface area (Å²) in [5.74, 6) is 0.993. The second kappa shape index (κ2) is 9.47. The van der Waals surface area contributed by atoms with Crippen LogP contribution in [-0.4, -0.2) is 41.0 Å². The second-order valence-electron chi connectivity index (χ2n) is 7.05. The molecule has 166 valence electrons. The number of hydrogen-bond donors (Lipinski definition) is 2. The average Bonchev–Trinajstić information content (AvgIpc) is 3.29. The van der Waals surface area contributed by atoms with Crippen molar-refractivity contribution in [2.24, 2.45) is 0 Å². The zero-order chi connectivity index (χ0) is 22.6. The number of aromatic nitrogens is 2. The van der Waals surface area contributed by atoms with Crippen molar-refractivity contribution in [3.05, 3.63) is 66.2 Å². The quantitative estimate of drug-likeness (QED) is 0.312. The van der Waals surface area contributed by atoms with E-state index in [4.69, 9.17) is 9.47 Å². The maximum absolute atomic E-state index is 12.7. The molecule has 4 aromatic rings. The van der Waals surface area contributed by atoms with Crippen LogP contribution in [0.15, 0.2) is 65.0 Å². The zero-order valence-corrected chi connectivity index (χ0v) is 18.9. The largest absolute Gasteiger partial charge is 0.486 e. The van der Waals surface area contributed by atoms with Crippen molar-refractivity contribution in [2.75, 3.05) is 29.6 Å². The first kappa shape index (κ1) is 21.2. The highest BCUT2D eigenvalue weighted by molar-refractivity contribution is 8.01. The molecule has 1 aliphatic heterocycles. The Morgan fingerprint density at radius 3 is 2.67 bits per heavy atom. The Kier molecular flexibility index (Phi) is 6.09. The van der Waals surface area contributed by atoms with E-state index in [1.807, 2.05) is 36.4 Å². The number of carbonyl (C=O) groups is 2. The molecule has 1 aliphatic rings. The summed E-state index contributed by atoms with van der Waals surface area (Å²) < 4.78 is 11.6. The fourth-order valence-electron chi connectivity index (χ4n) is 3.35. The molecule has 8 nitrogen and oxygen atoms in total. The standard InChI is InChI=1S/C23H18N4O4S2/c28-20(24-15-8-9-18-19(12-15)31-11-10-30-18)13-32-23-27-26-22(33-23)25-21(29)17-7-3-5-14-4-1-2-6-16(14)17/h1-9,12H,10-11,13H2,(H,24,28)(H,25,26,29). The van der Waals surface area contributed by atoms with Crippen LogP contribution < -0.4 is 20.1 Å². The third kappa shape index (κ3) is 4.91. The second-order valence-corrected chi connectivity index (χ2v) is 9.25. The number of rotatable bonds is 6. The van der Waals surface area contributed by atoms with E-state index in [0.29, 0.717) is 45.4 Å². The summed E-state index contributed by atoms with van der Waals surface area (Å²) in [5, 5.41) is 15.9. The predicted molar refractivity (Wildman–Crippen MR) is 129 cm³/mol. The molecule has 2 amide bonds. The molecule has 0 aliphatic carbocycles. The molecule has 0 unspecified atom stereocenters. The molecule has 5 rings (SSSR count). The van der Waals surface area contributed by atoms with Crippen LogP contribution in [0.5, 0.6) is 11.5 Å². The molecular formula is C23H18N4O4S2. The van der Waals surface area contributed by atoms with Gasteiger partial charge in [0.2, 0.25) is 11.0 Å². The van der Waals surface area contributed by atoms with Gasteiger partial charge in [0, 0.05) is 17.3 Å². The first-order chi connectivity index (χ1) is 16.2. The molecule has 0 saturated heterocycles. The van der Waals surface area contributed by atoms with Gasteiger partial charge in [0.05, 0.1) is 5.75 Å². The minimum absolute atomic E-state index is 0.153. The molecule has 0 atom stereocenters. The van der Waals surface area contributed by atoms with E-state index in [0.717, 1.165) is 10.8 Å². The van der Waals surface area contributed by atoms with E-state index < -0.39 is 0 Å². The van der Waals surface area contributed by atoms with Gasteiger partial charge < -0.3 is 14.8 Å². The van der Waals surface area contributed by atoms with E-state index in [1.165, 1.54) is 23.1 Å². The normalized spacial score (nSPS) is 12.4. The van der Waals surface area contributed by atoms with Gasteiger partial charge in [0.15, 0.2) is 15.8 Å². The molecule has 2 N–H and O–H groups in total. The Morgan fingerprint density at radius 2 is 1.76 bits per heavy atom. The van der Waals surface area contributed by atoms with Crippen molar-refractivity contribution in [3.8, 4) is 11.5 Å². The van der Waals surface area contributed by atoms with E-state index in [2.05, 4.69) is 20.8 Å². The number of carbonyl (C=O) groups excluding carboxylic acids is 2. The van der Waals surface area contributed by atoms with E-state index in [-0.39, 0.29) is 17.6 Å². The first-order valence-electron chi connectivity index (χ1n) is 10.1. The van der Waals surface area contributed by atoms with Gasteiger partial charge in [0.1, 0.15) is 13.2 Å². The van der Waals surface area contributed by atoms with Crippen LogP contribution in [0.25, 0.3) is 10.8 Å². The summed E-state index contributed by atoms with van der Waals surface area (Å²) in [7, 11) is 0. The summed E-state index contributed by atoms with van der Waals surface area (Å²) in [6, 6.07) is 18.6. The highest BCUT2D eigenvalue weighted by Crippen LogP contribution is 2.33. The van der Waals surface area contributed by atoms with Gasteiger partial charge in [-0.05, 0) is 29.0 Å². The molecule has 3 aromatic carbocycles. The molecule has 0 fully saturated rings. The Labute approximate surface area is 197 Å². The molecule has 33 heavy (non-hydrogen) atoms. The fraction of sp³-hybridized carbons (Fsp3) is 0.130. The van der Waals surface area contributed by atoms with E-state index in [9.17, 15) is 9.59 Å². The molecule has 0 radical (unpaired) electrons. The number of fused-ring (bicyclic) bond motifs is 2. The van der Waals surface area contributed by atoms with Crippen LogP contribution in [0.4, 0.5) is 10.8 Å². The van der Waals surface area contributed by atoms with Crippen LogP contribution in [-0.2, 0) is 4.79 Å². The SMILES string of the molecule is O=C(CSc1nnc(NC(=O)c2cccc3ccccc23)s1)Nc1ccc2c(c1)OCCO2. The summed E-state index contributed by atoms with van der Waals surface area (Å²) in [4.78, 5) is 25.1. The summed E-state index contributed by atoms with van der Waals surface area (Å²) in [6.07, 6.45) is 0. The van der Waals surface area contributed by atoms with Gasteiger partial charge in [-0.1, -0.05) is 59.5 Å². The molecule has 0 bridgehead atoms. The minimum Gasteiger partial charge on any atom is -0.486 e. The summed E-state index contributed by atoms with van der Waals surface area (Å²) in [5.41, 5.74) is 1.20. The van der Waals surface area contributed by atoms with Crippen molar-refractivity contribution >= 4 is 56.5 Å². The third-order valence-electron chi connectivity index (χ3n) is 4.81. The number of nitrogens with zero attached hydrogens (tertiary/aromatic N) is 2. The topological polar surface area (TPSA) is 102 Å². The summed E-state index contributed by atoms with van der Waals surface area (Å²) >= 11 is 2.47. The van der Waals surface area contributed by atoms with Crippen molar-refractivity contribution in [2.45, 2.75) is 4.34 Å². The van der Waals surface area contributed by atoms with Crippen LogP contribution in [0.1, 0.15) is 10.4 Å². The Hall–Kier alpha value is -3.63. The summed E-state index contributed by atoms with van der Waals surface area (Å²) in [6.45, 7) is 0.998. The van der Waals surface area contributed by atoms with Crippen LogP contribution in [0, 0.1) is 0 Å². The lowest BCUT2D eigenvalue weighted by molar-refractivity contribution is -0.113. The highest BCUT2D eigenvalue weighted by Gasteiger charge is 2.15. The lowest BCUT2D eigenvalue weighted by atomic mass is 10.0. The van der Waals surface area contributed by atoms with Crippen LogP contribution in [0.2, 0.25) is 0 Å². The molecule has 0 spiro atoms. The first-order valence-corrected chi connectivity index (χ1v) is 11.9. The zero-order valence-electron chi connectivity index (χ0n) is 17.2. The van der Waals surface area contributed by atoms with Gasteiger partial charge in [-0.2, -0.15) is 0 Å². The Bertz CT molecular complexity index is 1340. The number of amides is 2. The molecule has 0 saturated carbocycles. The number of ether oxygens (including phenoxy) is 2. The third-order valence-corrected chi connectivity index (χ3v) is 6.79. The predicted octanol–water partition coefficient (Wildman–Crippen LogP) is 4.45. The molecule has 1 aromatic heterocycles. The van der Waals surface area contributed by atoms with Crippen molar-refractivity contribution in [3.63, 3.8) is 0 Å². The fourth-order valence-corrected chi connectivity index (χ4v) is 4.90. The van der Waals surface area contributed by atoms with Crippen LogP contribution in [0.3, 0.4) is 0 Å². The van der Waals surface area contributed by atoms with Gasteiger partial charge in [0.25, 0.3) is 5.91 Å². The minimum atomic E-state index is -0.254. The maximum Gasteiger partial charge on any atom is 0.258 e. The number of anilines is 2. The number of benzene rings is 3. The maximum atomic E-state index is 12.7. The highest BCUT2D eigenvalue weighted by atomic mass is 32.2. The van der Waals surface area contributed by atoms with Gasteiger partial charge in [-0.15, -0.1) is 10.2 Å². The van der Waals surface area contributed by atoms with Gasteiger partial charge >= 0.3 is 0 Å². The van der Waals surface area contributed by atoms with Crippen molar-refractivity contribution in [1.29, 1.82) is 0 Å². The number of thioether (sulfide) groups is 1. The molecule has 2 heterocycles. The van der Waals surface area contributed by atoms with E-state index >= 15 is 0 Å². The van der Waals surface area contributed by atoms with Crippen molar-refractivity contribution in [1.82, 2.24) is 10.2 Å². The number of hydrogen-bond acceptors (Lipinski definition) is 8. The van der Waals surface area contributed by atoms with E-state index in [1.54, 1.807) is 24.3 Å². The van der Waals surface area contributed by atoms with Crippen molar-refractivity contribution < 1.29 is 19.1 Å². The molecule has 10 heteroatoms. The van der Waals surface area contributed by atoms with Gasteiger partial charge in [-0.3, -0.25) is 14.9 Å². The number of nitrogens with one attached hydrogen (secondary N) is 2. The monoisotopic (exact) mass is 478 g/mol.